The Labute approximate surface area is 627 Å². The van der Waals surface area contributed by atoms with Crippen LogP contribution >= 0.6 is 0 Å². The first kappa shape index (κ1) is 78.9. The zero-order chi connectivity index (χ0) is 74.9. The fourth-order valence-electron chi connectivity index (χ4n) is 11.3. The number of benzene rings is 9. The number of carbonyl (C=O) groups excluding carboxylic acids is 1. The number of hydrogen-bond donors (Lipinski definition) is 0. The van der Waals surface area contributed by atoms with Gasteiger partial charge in [-0.1, -0.05) is 192 Å². The van der Waals surface area contributed by atoms with E-state index in [4.69, 9.17) is 71.1 Å². The molecule has 0 saturated carbocycles. The van der Waals surface area contributed by atoms with Crippen LogP contribution in [-0.2, 0) is 91.6 Å². The lowest BCUT2D eigenvalue weighted by Gasteiger charge is -2.19. The highest BCUT2D eigenvalue weighted by molar-refractivity contribution is 5.90. The molecule has 0 aromatic heterocycles. The third-order valence-corrected chi connectivity index (χ3v) is 17.6. The van der Waals surface area contributed by atoms with Gasteiger partial charge in [-0.2, -0.15) is 0 Å². The van der Waals surface area contributed by atoms with E-state index in [0.717, 1.165) is 33.4 Å². The second-order valence-electron chi connectivity index (χ2n) is 30.5. The summed E-state index contributed by atoms with van der Waals surface area (Å²) in [6.07, 6.45) is 0. The monoisotopic (exact) mass is 1440 g/mol. The van der Waals surface area contributed by atoms with Crippen LogP contribution in [0.4, 0.5) is 0 Å². The van der Waals surface area contributed by atoms with Crippen LogP contribution in [0.2, 0.25) is 0 Å². The second-order valence-corrected chi connectivity index (χ2v) is 30.5. The van der Waals surface area contributed by atoms with E-state index in [1.54, 1.807) is 18.2 Å². The largest absolute Gasteiger partial charge is 0.489 e. The summed E-state index contributed by atoms with van der Waals surface area (Å²) in [6.45, 7) is 31.6. The molecule has 10 rings (SSSR count). The van der Waals surface area contributed by atoms with E-state index < -0.39 is 5.97 Å². The van der Waals surface area contributed by atoms with Crippen molar-refractivity contribution in [2.45, 2.75) is 151 Å². The summed E-state index contributed by atoms with van der Waals surface area (Å²) in [5.41, 5.74) is 11.6. The summed E-state index contributed by atoms with van der Waals surface area (Å²) in [7, 11) is 0. The van der Waals surface area contributed by atoms with Gasteiger partial charge < -0.3 is 71.1 Å². The minimum Gasteiger partial charge on any atom is -0.489 e. The van der Waals surface area contributed by atoms with Crippen LogP contribution in [0.25, 0.3) is 0 Å². The molecule has 0 radical (unpaired) electrons. The Morgan fingerprint density at radius 1 is 0.264 bits per heavy atom. The third kappa shape index (κ3) is 25.5. The Balaban J connectivity index is 0.887. The van der Waals surface area contributed by atoms with Gasteiger partial charge in [0.25, 0.3) is 0 Å². The average molecular weight is 1440 g/mol. The van der Waals surface area contributed by atoms with Crippen molar-refractivity contribution in [2.75, 3.05) is 79.3 Å². The normalized spacial score (nSPS) is 14.0. The van der Waals surface area contributed by atoms with Gasteiger partial charge in [-0.25, -0.2) is 4.79 Å². The van der Waals surface area contributed by atoms with Crippen LogP contribution in [-0.4, -0.2) is 85.3 Å². The summed E-state index contributed by atoms with van der Waals surface area (Å²) in [5.74, 6) is 4.81. The first-order valence-corrected chi connectivity index (χ1v) is 36.7. The predicted molar refractivity (Wildman–Crippen MR) is 413 cm³/mol. The van der Waals surface area contributed by atoms with E-state index in [-0.39, 0.29) is 73.5 Å². The Morgan fingerprint density at radius 2 is 0.509 bits per heavy atom. The molecule has 16 heteroatoms. The molecular weight excluding hydrogens is 1340 g/mol. The Hall–Kier alpha value is -9.71. The molecule has 1 heterocycles. The Bertz CT molecular complexity index is 3840. The fourth-order valence-corrected chi connectivity index (χ4v) is 11.3. The lowest BCUT2D eigenvalue weighted by atomic mass is 9.87. The minimum absolute atomic E-state index is 0.0171. The molecule has 106 heavy (non-hydrogen) atoms. The van der Waals surface area contributed by atoms with E-state index in [2.05, 4.69) is 180 Å². The lowest BCUT2D eigenvalue weighted by molar-refractivity contribution is 0.0223. The molecule has 0 fully saturated rings. The van der Waals surface area contributed by atoms with Gasteiger partial charge in [-0.15, -0.1) is 0 Å². The number of fused-ring (bicyclic) bond motifs is 2. The van der Waals surface area contributed by atoms with E-state index in [9.17, 15) is 4.79 Å². The van der Waals surface area contributed by atoms with Crippen LogP contribution in [0.1, 0.15) is 155 Å². The molecule has 0 unspecified atom stereocenters. The molecule has 9 aromatic rings. The maximum Gasteiger partial charge on any atom is 0.338 e. The van der Waals surface area contributed by atoms with Crippen molar-refractivity contribution in [2.24, 2.45) is 0 Å². The van der Waals surface area contributed by atoms with Crippen molar-refractivity contribution >= 4 is 5.97 Å². The predicted octanol–water partition coefficient (Wildman–Crippen LogP) is 19.0. The minimum atomic E-state index is -0.598. The standard InChI is InChI=1S/C90H106O16/c1-87(2,3)72-26-17-64(18-27-72)57-100-76-47-68(48-77(54-76)101-58-65-19-28-73(29-20-65)88(4,5)6)61-104-80-51-70(52-81(56-80)105-62-69-49-78(102-59-66-21-30-74(31-22-66)89(7,8)9)55-79(50-69)103-60-67-23-32-75(33-24-67)90(10,11)12)63-106-86(91)71-25-34-84-85(53-71)99-46-42-95-38-37-93-40-44-97-83-16-14-13-15-82(83)96-43-39-92-35-36-94-41-45-98-84/h13-34,47-56H,35-46,57-63H2,1-12H3. The van der Waals surface area contributed by atoms with Crippen LogP contribution in [0, 0.1) is 0 Å². The number of rotatable bonds is 21. The molecule has 0 atom stereocenters. The van der Waals surface area contributed by atoms with E-state index in [0.29, 0.717) is 142 Å². The molecular formula is C90H106O16. The molecule has 9 aromatic carbocycles. The van der Waals surface area contributed by atoms with Gasteiger partial charge in [0, 0.05) is 18.2 Å². The summed E-state index contributed by atoms with van der Waals surface area (Å²) >= 11 is 0. The van der Waals surface area contributed by atoms with Gasteiger partial charge >= 0.3 is 5.97 Å². The summed E-state index contributed by atoms with van der Waals surface area (Å²) in [6, 6.07) is 63.8. The van der Waals surface area contributed by atoms with Crippen molar-refractivity contribution in [3.8, 4) is 57.5 Å². The van der Waals surface area contributed by atoms with Crippen LogP contribution in [0.5, 0.6) is 57.5 Å². The zero-order valence-electron chi connectivity index (χ0n) is 63.9. The van der Waals surface area contributed by atoms with Gasteiger partial charge in [0.15, 0.2) is 23.0 Å². The number of ether oxygens (including phenoxy) is 15. The molecule has 0 spiro atoms. The lowest BCUT2D eigenvalue weighted by Crippen LogP contribution is -2.16. The van der Waals surface area contributed by atoms with Crippen molar-refractivity contribution in [3.63, 3.8) is 0 Å². The number of hydrogen-bond acceptors (Lipinski definition) is 16. The quantitative estimate of drug-likeness (QED) is 0.0626. The summed E-state index contributed by atoms with van der Waals surface area (Å²) < 4.78 is 93.2. The van der Waals surface area contributed by atoms with Crippen molar-refractivity contribution in [3.05, 3.63) is 261 Å². The fraction of sp³-hybridized carbons (Fsp3) is 0.389. The molecule has 1 aliphatic rings. The second kappa shape index (κ2) is 38.0. The molecule has 562 valence electrons. The average Bonchev–Trinajstić information content (AvgIpc) is 0.842. The van der Waals surface area contributed by atoms with E-state index in [1.165, 1.54) is 22.3 Å². The number of carbonyl (C=O) groups is 1. The first-order valence-electron chi connectivity index (χ1n) is 36.7. The Morgan fingerprint density at radius 3 is 0.792 bits per heavy atom. The molecule has 0 N–H and O–H groups in total. The number of para-hydroxylation sites is 2. The van der Waals surface area contributed by atoms with Crippen molar-refractivity contribution in [1.82, 2.24) is 0 Å². The van der Waals surface area contributed by atoms with Crippen molar-refractivity contribution in [1.29, 1.82) is 0 Å². The smallest absolute Gasteiger partial charge is 0.338 e. The first-order chi connectivity index (χ1) is 50.9. The maximum atomic E-state index is 14.3. The Kier molecular flexibility index (Phi) is 28.3. The summed E-state index contributed by atoms with van der Waals surface area (Å²) in [4.78, 5) is 14.3. The molecule has 0 amide bonds. The zero-order valence-corrected chi connectivity index (χ0v) is 63.9. The van der Waals surface area contributed by atoms with Gasteiger partial charge in [0.05, 0.1) is 58.4 Å². The SMILES string of the molecule is CC(C)(C)c1ccc(COc2cc(COc3cc(COC(=O)c4ccc5c(c4)OCCOCCOCCOc4ccccc4OCCOCCOCCO5)cc(OCc4cc(OCc5ccc(C(C)(C)C)cc5)cc(OCc5ccc(C(C)(C)C)cc5)c4)c3)cc(OCc3ccc(C(C)(C)C)cc3)c2)cc1. The van der Waals surface area contributed by atoms with Crippen LogP contribution < -0.4 is 47.4 Å². The molecule has 0 aliphatic carbocycles. The highest BCUT2D eigenvalue weighted by Gasteiger charge is 2.20. The van der Waals surface area contributed by atoms with E-state index >= 15 is 0 Å². The number of esters is 1. The van der Waals surface area contributed by atoms with Crippen LogP contribution in [0.3, 0.4) is 0 Å². The molecule has 16 nitrogen and oxygen atoms in total. The third-order valence-electron chi connectivity index (χ3n) is 17.6. The molecule has 1 aliphatic heterocycles. The summed E-state index contributed by atoms with van der Waals surface area (Å²) in [5, 5.41) is 0. The molecule has 0 bridgehead atoms. The van der Waals surface area contributed by atoms with Crippen LogP contribution in [0.15, 0.2) is 194 Å². The maximum absolute atomic E-state index is 14.3. The highest BCUT2D eigenvalue weighted by Crippen LogP contribution is 2.35. The van der Waals surface area contributed by atoms with Gasteiger partial charge in [0.1, 0.15) is 107 Å². The molecule has 0 saturated heterocycles. The van der Waals surface area contributed by atoms with Gasteiger partial charge in [-0.3, -0.25) is 0 Å². The van der Waals surface area contributed by atoms with Crippen molar-refractivity contribution < 1.29 is 75.8 Å². The highest BCUT2D eigenvalue weighted by atomic mass is 16.6. The van der Waals surface area contributed by atoms with Gasteiger partial charge in [0.2, 0.25) is 0 Å². The van der Waals surface area contributed by atoms with Gasteiger partial charge in [-0.05, 0) is 150 Å². The topological polar surface area (TPSA) is 156 Å². The van der Waals surface area contributed by atoms with E-state index in [1.807, 2.05) is 78.9 Å².